The van der Waals surface area contributed by atoms with Gasteiger partial charge in [0.2, 0.25) is 10.1 Å². The molecular weight excluding hydrogens is 354 g/mol. The number of piperidine rings is 1. The van der Waals surface area contributed by atoms with Gasteiger partial charge in [-0.2, -0.15) is 4.52 Å². The fourth-order valence-corrected chi connectivity index (χ4v) is 3.79. The molecule has 0 atom stereocenters. The number of rotatable bonds is 7. The maximum absolute atomic E-state index is 12.6. The Kier molecular flexibility index (Phi) is 6.20. The van der Waals surface area contributed by atoms with E-state index in [1.165, 1.54) is 22.0 Å². The van der Waals surface area contributed by atoms with Gasteiger partial charge < -0.3 is 15.0 Å². The smallest absolute Gasteiger partial charge is 0.288 e. The van der Waals surface area contributed by atoms with Crippen LogP contribution in [-0.4, -0.2) is 53.4 Å². The molecule has 2 aromatic heterocycles. The molecule has 0 radical (unpaired) electrons. The molecule has 0 bridgehead atoms. The Morgan fingerprint density at radius 1 is 1.42 bits per heavy atom. The number of fused-ring (bicyclic) bond motifs is 1. The number of hydrogen-bond donors (Lipinski definition) is 1. The van der Waals surface area contributed by atoms with Gasteiger partial charge in [-0.15, -0.1) is 5.10 Å². The highest BCUT2D eigenvalue weighted by Gasteiger charge is 2.21. The molecule has 1 saturated heterocycles. The fraction of sp³-hybridized carbons (Fsp3) is 0.647. The number of carbonyl (C=O) groups excluding carboxylic acids is 1. The highest BCUT2D eigenvalue weighted by Crippen LogP contribution is 2.26. The van der Waals surface area contributed by atoms with E-state index in [1.807, 2.05) is 6.92 Å². The maximum atomic E-state index is 12.6. The number of aromatic nitrogens is 3. The van der Waals surface area contributed by atoms with Crippen molar-refractivity contribution in [3.63, 3.8) is 0 Å². The summed E-state index contributed by atoms with van der Waals surface area (Å²) in [7, 11) is 0. The van der Waals surface area contributed by atoms with E-state index in [9.17, 15) is 9.59 Å². The average Bonchev–Trinajstić information content (AvgIpc) is 3.07. The van der Waals surface area contributed by atoms with Crippen LogP contribution in [0.25, 0.3) is 4.96 Å². The van der Waals surface area contributed by atoms with Crippen molar-refractivity contribution in [2.75, 3.05) is 37.7 Å². The predicted octanol–water partition coefficient (Wildman–Crippen LogP) is 1.54. The fourth-order valence-electron chi connectivity index (χ4n) is 2.88. The van der Waals surface area contributed by atoms with E-state index in [0.29, 0.717) is 31.1 Å². The minimum Gasteiger partial charge on any atom is -0.382 e. The molecule has 1 fully saturated rings. The summed E-state index contributed by atoms with van der Waals surface area (Å²) in [6, 6.07) is 0. The van der Waals surface area contributed by atoms with E-state index in [-0.39, 0.29) is 5.56 Å². The van der Waals surface area contributed by atoms with Crippen molar-refractivity contribution in [1.82, 2.24) is 19.9 Å². The van der Waals surface area contributed by atoms with E-state index in [0.717, 1.165) is 37.0 Å². The molecule has 0 unspecified atom stereocenters. The van der Waals surface area contributed by atoms with Crippen LogP contribution in [0.15, 0.2) is 11.0 Å². The van der Waals surface area contributed by atoms with Crippen LogP contribution >= 0.6 is 11.3 Å². The molecule has 0 saturated carbocycles. The van der Waals surface area contributed by atoms with Gasteiger partial charge in [0.25, 0.3) is 11.5 Å². The summed E-state index contributed by atoms with van der Waals surface area (Å²) >= 11 is 1.38. The SMILES string of the molecule is CCOCCCNC(=O)c1cnc2sc(N3CCC(C)CC3)nn2c1=O. The van der Waals surface area contributed by atoms with Crippen molar-refractivity contribution < 1.29 is 9.53 Å². The molecule has 9 heteroatoms. The van der Waals surface area contributed by atoms with Gasteiger partial charge in [0, 0.05) is 39.0 Å². The molecule has 1 aliphatic heterocycles. The van der Waals surface area contributed by atoms with Crippen LogP contribution in [0.3, 0.4) is 0 Å². The first-order valence-electron chi connectivity index (χ1n) is 9.10. The zero-order valence-electron chi connectivity index (χ0n) is 15.2. The summed E-state index contributed by atoms with van der Waals surface area (Å²) < 4.78 is 6.47. The minimum atomic E-state index is -0.426. The van der Waals surface area contributed by atoms with Crippen molar-refractivity contribution in [2.45, 2.75) is 33.1 Å². The quantitative estimate of drug-likeness (QED) is 0.734. The van der Waals surface area contributed by atoms with Gasteiger partial charge in [-0.3, -0.25) is 9.59 Å². The number of hydrogen-bond acceptors (Lipinski definition) is 7. The summed E-state index contributed by atoms with van der Waals surface area (Å²) in [5.74, 6) is 0.300. The number of amides is 1. The van der Waals surface area contributed by atoms with E-state index in [1.54, 1.807) is 0 Å². The largest absolute Gasteiger partial charge is 0.382 e. The van der Waals surface area contributed by atoms with Crippen LogP contribution in [0.4, 0.5) is 5.13 Å². The molecule has 1 aliphatic rings. The molecule has 3 heterocycles. The number of nitrogens with zero attached hydrogens (tertiary/aromatic N) is 4. The summed E-state index contributed by atoms with van der Waals surface area (Å²) in [6.45, 7) is 7.73. The maximum Gasteiger partial charge on any atom is 0.288 e. The van der Waals surface area contributed by atoms with Crippen LogP contribution in [0.1, 0.15) is 43.5 Å². The molecule has 0 spiro atoms. The number of carbonyl (C=O) groups is 1. The van der Waals surface area contributed by atoms with Crippen molar-refractivity contribution in [2.24, 2.45) is 5.92 Å². The Balaban J connectivity index is 1.71. The number of anilines is 1. The second kappa shape index (κ2) is 8.59. The molecule has 142 valence electrons. The highest BCUT2D eigenvalue weighted by atomic mass is 32.1. The van der Waals surface area contributed by atoms with Crippen LogP contribution in [0.2, 0.25) is 0 Å². The second-order valence-corrected chi connectivity index (χ2v) is 7.47. The van der Waals surface area contributed by atoms with Gasteiger partial charge in [-0.05, 0) is 32.1 Å². The van der Waals surface area contributed by atoms with Gasteiger partial charge >= 0.3 is 0 Å². The molecule has 26 heavy (non-hydrogen) atoms. The zero-order valence-corrected chi connectivity index (χ0v) is 16.0. The van der Waals surface area contributed by atoms with E-state index >= 15 is 0 Å². The predicted molar refractivity (Wildman–Crippen MR) is 101 cm³/mol. The van der Waals surface area contributed by atoms with Gasteiger partial charge in [0.1, 0.15) is 5.56 Å². The lowest BCUT2D eigenvalue weighted by Gasteiger charge is -2.29. The molecule has 8 nitrogen and oxygen atoms in total. The topological polar surface area (TPSA) is 88.8 Å². The van der Waals surface area contributed by atoms with Crippen LogP contribution in [0.5, 0.6) is 0 Å². The molecule has 3 rings (SSSR count). The molecule has 0 aromatic carbocycles. The van der Waals surface area contributed by atoms with Gasteiger partial charge in [0.15, 0.2) is 0 Å². The normalized spacial score (nSPS) is 15.5. The van der Waals surface area contributed by atoms with Crippen LogP contribution in [0, 0.1) is 5.92 Å². The van der Waals surface area contributed by atoms with Crippen molar-refractivity contribution in [1.29, 1.82) is 0 Å². The monoisotopic (exact) mass is 379 g/mol. The lowest BCUT2D eigenvalue weighted by molar-refractivity contribution is 0.0942. The Hall–Kier alpha value is -2.00. The third-order valence-corrected chi connectivity index (χ3v) is 5.51. The summed E-state index contributed by atoms with van der Waals surface area (Å²) in [5.41, 5.74) is -0.409. The number of nitrogens with one attached hydrogen (secondary N) is 1. The van der Waals surface area contributed by atoms with Crippen LogP contribution in [-0.2, 0) is 4.74 Å². The van der Waals surface area contributed by atoms with Gasteiger partial charge in [0.05, 0.1) is 0 Å². The highest BCUT2D eigenvalue weighted by molar-refractivity contribution is 7.20. The minimum absolute atomic E-state index is 0.0167. The first-order chi connectivity index (χ1) is 12.6. The summed E-state index contributed by atoms with van der Waals surface area (Å²) in [5, 5.41) is 7.93. The Bertz CT molecular complexity index is 810. The molecular formula is C17H25N5O3S. The van der Waals surface area contributed by atoms with E-state index in [2.05, 4.69) is 27.2 Å². The van der Waals surface area contributed by atoms with Gasteiger partial charge in [-0.25, -0.2) is 4.98 Å². The molecule has 2 aromatic rings. The van der Waals surface area contributed by atoms with Crippen LogP contribution < -0.4 is 15.8 Å². The standard InChI is InChI=1S/C17H25N5O3S/c1-3-25-10-4-7-18-14(23)13-11-19-16-22(15(13)24)20-17(26-16)21-8-5-12(2)6-9-21/h11-12H,3-10H2,1-2H3,(H,18,23). The second-order valence-electron chi connectivity index (χ2n) is 6.53. The molecule has 0 aliphatic carbocycles. The third-order valence-electron chi connectivity index (χ3n) is 4.53. The first kappa shape index (κ1) is 18.8. The molecule has 1 N–H and O–H groups in total. The molecule has 1 amide bonds. The lowest BCUT2D eigenvalue weighted by atomic mass is 10.00. The van der Waals surface area contributed by atoms with E-state index in [4.69, 9.17) is 4.74 Å². The van der Waals surface area contributed by atoms with Crippen molar-refractivity contribution >= 4 is 27.3 Å². The third kappa shape index (κ3) is 4.21. The Morgan fingerprint density at radius 3 is 2.92 bits per heavy atom. The summed E-state index contributed by atoms with van der Waals surface area (Å²) in [4.78, 5) is 31.8. The Morgan fingerprint density at radius 2 is 2.19 bits per heavy atom. The Labute approximate surface area is 156 Å². The lowest BCUT2D eigenvalue weighted by Crippen LogP contribution is -2.34. The average molecular weight is 379 g/mol. The summed E-state index contributed by atoms with van der Waals surface area (Å²) in [6.07, 6.45) is 4.28. The van der Waals surface area contributed by atoms with E-state index < -0.39 is 11.5 Å². The zero-order chi connectivity index (χ0) is 18.5. The van der Waals surface area contributed by atoms with Gasteiger partial charge in [-0.1, -0.05) is 18.3 Å². The first-order valence-corrected chi connectivity index (χ1v) is 9.91. The number of ether oxygens (including phenoxy) is 1. The van der Waals surface area contributed by atoms with Crippen molar-refractivity contribution in [3.8, 4) is 0 Å². The van der Waals surface area contributed by atoms with Crippen molar-refractivity contribution in [3.05, 3.63) is 22.1 Å².